The molecule has 5 heteroatoms. The van der Waals surface area contributed by atoms with Gasteiger partial charge in [0.15, 0.2) is 0 Å². The second-order valence-corrected chi connectivity index (χ2v) is 6.76. The quantitative estimate of drug-likeness (QED) is 0.715. The van der Waals surface area contributed by atoms with Gasteiger partial charge in [0.05, 0.1) is 19.3 Å². The molecular weight excluding hydrogens is 328 g/mol. The Labute approximate surface area is 154 Å². The molecule has 1 aliphatic rings. The second-order valence-electron chi connectivity index (χ2n) is 6.76. The van der Waals surface area contributed by atoms with E-state index in [2.05, 4.69) is 22.8 Å². The third kappa shape index (κ3) is 4.99. The molecule has 0 bridgehead atoms. The van der Waals surface area contributed by atoms with Crippen LogP contribution in [0.2, 0.25) is 0 Å². The molecule has 0 spiro atoms. The van der Waals surface area contributed by atoms with Crippen molar-refractivity contribution in [3.05, 3.63) is 64.7 Å². The number of nitrogens with one attached hydrogen (secondary N) is 2. The first-order valence-corrected chi connectivity index (χ1v) is 9.09. The molecule has 0 unspecified atom stereocenters. The first kappa shape index (κ1) is 18.3. The van der Waals surface area contributed by atoms with Crippen molar-refractivity contribution in [2.24, 2.45) is 0 Å². The Kier molecular flexibility index (Phi) is 6.12. The van der Waals surface area contributed by atoms with Crippen molar-refractivity contribution in [1.82, 2.24) is 10.6 Å². The zero-order chi connectivity index (χ0) is 18.4. The molecule has 1 atom stereocenters. The summed E-state index contributed by atoms with van der Waals surface area (Å²) in [5.74, 6) is 0.974. The highest BCUT2D eigenvalue weighted by molar-refractivity contribution is 5.74. The van der Waals surface area contributed by atoms with Crippen molar-refractivity contribution >= 4 is 6.03 Å². The van der Waals surface area contributed by atoms with E-state index >= 15 is 0 Å². The molecule has 2 aromatic rings. The number of aliphatic hydroxyl groups excluding tert-OH is 1. The summed E-state index contributed by atoms with van der Waals surface area (Å²) in [5.41, 5.74) is 4.70. The Hall–Kier alpha value is -2.53. The molecule has 138 valence electrons. The number of rotatable bonds is 7. The Morgan fingerprint density at radius 3 is 2.92 bits per heavy atom. The minimum absolute atomic E-state index is 0.0911. The van der Waals surface area contributed by atoms with E-state index in [1.807, 2.05) is 37.3 Å². The standard InChI is InChI=1S/C21H26N2O3/c1-15-3-2-4-17(11-15)13-19(14-24)23-21(25)22-9-7-16-5-6-20-18(12-16)8-10-26-20/h2-6,11-12,19,24H,7-10,13-14H2,1H3,(H2,22,23,25)/t19-/m1/s1. The predicted molar refractivity (Wildman–Crippen MR) is 102 cm³/mol. The van der Waals surface area contributed by atoms with E-state index in [1.54, 1.807) is 0 Å². The molecular formula is C21H26N2O3. The topological polar surface area (TPSA) is 70.6 Å². The Bertz CT molecular complexity index is 761. The molecule has 26 heavy (non-hydrogen) atoms. The SMILES string of the molecule is Cc1cccc(C[C@H](CO)NC(=O)NCCc2ccc3c(c2)CCO3)c1. The van der Waals surface area contributed by atoms with E-state index in [0.29, 0.717) is 13.0 Å². The van der Waals surface area contributed by atoms with E-state index in [4.69, 9.17) is 4.74 Å². The maximum absolute atomic E-state index is 12.1. The lowest BCUT2D eigenvalue weighted by molar-refractivity contribution is 0.216. The number of aryl methyl sites for hydroxylation is 1. The van der Waals surface area contributed by atoms with Gasteiger partial charge in [-0.25, -0.2) is 4.79 Å². The van der Waals surface area contributed by atoms with Crippen LogP contribution in [0.5, 0.6) is 5.75 Å². The lowest BCUT2D eigenvalue weighted by Crippen LogP contribution is -2.45. The van der Waals surface area contributed by atoms with Crippen LogP contribution in [0, 0.1) is 6.92 Å². The van der Waals surface area contributed by atoms with Crippen molar-refractivity contribution in [1.29, 1.82) is 0 Å². The van der Waals surface area contributed by atoms with Crippen LogP contribution in [-0.2, 0) is 19.3 Å². The van der Waals surface area contributed by atoms with Gasteiger partial charge in [-0.3, -0.25) is 0 Å². The van der Waals surface area contributed by atoms with E-state index in [1.165, 1.54) is 16.7 Å². The van der Waals surface area contributed by atoms with Gasteiger partial charge in [-0.05, 0) is 42.5 Å². The number of fused-ring (bicyclic) bond motifs is 1. The third-order valence-corrected chi connectivity index (χ3v) is 4.57. The molecule has 3 rings (SSSR count). The summed E-state index contributed by atoms with van der Waals surface area (Å²) in [4.78, 5) is 12.1. The van der Waals surface area contributed by atoms with Crippen LogP contribution in [0.3, 0.4) is 0 Å². The molecule has 0 saturated carbocycles. The first-order valence-electron chi connectivity index (χ1n) is 9.09. The molecule has 5 nitrogen and oxygen atoms in total. The van der Waals surface area contributed by atoms with Gasteiger partial charge in [-0.1, -0.05) is 42.0 Å². The number of carbonyl (C=O) groups excluding carboxylic acids is 1. The van der Waals surface area contributed by atoms with Gasteiger partial charge in [-0.15, -0.1) is 0 Å². The molecule has 2 amide bonds. The number of hydrogen-bond acceptors (Lipinski definition) is 3. The minimum atomic E-state index is -0.297. The van der Waals surface area contributed by atoms with Crippen LogP contribution in [-0.4, -0.2) is 36.9 Å². The van der Waals surface area contributed by atoms with Crippen molar-refractivity contribution in [3.8, 4) is 5.75 Å². The highest BCUT2D eigenvalue weighted by Gasteiger charge is 2.13. The van der Waals surface area contributed by atoms with Gasteiger partial charge in [0.1, 0.15) is 5.75 Å². The number of hydrogen-bond donors (Lipinski definition) is 3. The number of ether oxygens (including phenoxy) is 1. The number of carbonyl (C=O) groups is 1. The van der Waals surface area contributed by atoms with Crippen molar-refractivity contribution in [2.45, 2.75) is 32.2 Å². The average molecular weight is 354 g/mol. The summed E-state index contributed by atoms with van der Waals surface area (Å²) in [6, 6.07) is 13.7. The monoisotopic (exact) mass is 354 g/mol. The fourth-order valence-electron chi connectivity index (χ4n) is 3.24. The molecule has 1 heterocycles. The van der Waals surface area contributed by atoms with Crippen LogP contribution < -0.4 is 15.4 Å². The molecule has 0 radical (unpaired) electrons. The summed E-state index contributed by atoms with van der Waals surface area (Å²) in [6.45, 7) is 3.24. The van der Waals surface area contributed by atoms with Gasteiger partial charge in [-0.2, -0.15) is 0 Å². The zero-order valence-corrected chi connectivity index (χ0v) is 15.1. The van der Waals surface area contributed by atoms with Gasteiger partial charge < -0.3 is 20.5 Å². The van der Waals surface area contributed by atoms with Crippen molar-refractivity contribution in [3.63, 3.8) is 0 Å². The van der Waals surface area contributed by atoms with Crippen LogP contribution in [0.4, 0.5) is 4.79 Å². The summed E-state index contributed by atoms with van der Waals surface area (Å²) in [7, 11) is 0. The lowest BCUT2D eigenvalue weighted by atomic mass is 10.0. The fraction of sp³-hybridized carbons (Fsp3) is 0.381. The van der Waals surface area contributed by atoms with Crippen LogP contribution in [0.15, 0.2) is 42.5 Å². The van der Waals surface area contributed by atoms with Crippen molar-refractivity contribution in [2.75, 3.05) is 19.8 Å². The highest BCUT2D eigenvalue weighted by atomic mass is 16.5. The maximum Gasteiger partial charge on any atom is 0.315 e. The number of aliphatic hydroxyl groups is 1. The molecule has 3 N–H and O–H groups in total. The van der Waals surface area contributed by atoms with E-state index < -0.39 is 0 Å². The molecule has 0 aromatic heterocycles. The lowest BCUT2D eigenvalue weighted by Gasteiger charge is -2.17. The van der Waals surface area contributed by atoms with Gasteiger partial charge in [0.25, 0.3) is 0 Å². The van der Waals surface area contributed by atoms with Crippen molar-refractivity contribution < 1.29 is 14.6 Å². The average Bonchev–Trinajstić information content (AvgIpc) is 3.09. The van der Waals surface area contributed by atoms with Gasteiger partial charge >= 0.3 is 6.03 Å². The molecule has 0 aliphatic carbocycles. The highest BCUT2D eigenvalue weighted by Crippen LogP contribution is 2.25. The molecule has 1 aliphatic heterocycles. The van der Waals surface area contributed by atoms with E-state index in [0.717, 1.165) is 30.8 Å². The fourth-order valence-corrected chi connectivity index (χ4v) is 3.24. The Balaban J connectivity index is 1.44. The normalized spacial score (nSPS) is 13.6. The minimum Gasteiger partial charge on any atom is -0.493 e. The summed E-state index contributed by atoms with van der Waals surface area (Å²) >= 11 is 0. The number of urea groups is 1. The van der Waals surface area contributed by atoms with Crippen LogP contribution in [0.1, 0.15) is 22.3 Å². The summed E-state index contributed by atoms with van der Waals surface area (Å²) < 4.78 is 5.50. The van der Waals surface area contributed by atoms with Crippen LogP contribution >= 0.6 is 0 Å². The Morgan fingerprint density at radius 2 is 2.12 bits per heavy atom. The second kappa shape index (κ2) is 8.72. The van der Waals surface area contributed by atoms with Gasteiger partial charge in [0.2, 0.25) is 0 Å². The number of benzene rings is 2. The summed E-state index contributed by atoms with van der Waals surface area (Å²) in [5, 5.41) is 15.3. The van der Waals surface area contributed by atoms with E-state index in [-0.39, 0.29) is 18.7 Å². The molecule has 0 fully saturated rings. The molecule has 2 aromatic carbocycles. The van der Waals surface area contributed by atoms with E-state index in [9.17, 15) is 9.90 Å². The Morgan fingerprint density at radius 1 is 1.23 bits per heavy atom. The smallest absolute Gasteiger partial charge is 0.315 e. The first-order chi connectivity index (χ1) is 12.6. The summed E-state index contributed by atoms with van der Waals surface area (Å²) in [6.07, 6.45) is 2.33. The maximum atomic E-state index is 12.1. The molecule has 0 saturated heterocycles. The predicted octanol–water partition coefficient (Wildman–Crippen LogP) is 2.38. The van der Waals surface area contributed by atoms with Gasteiger partial charge in [0, 0.05) is 13.0 Å². The number of amides is 2. The zero-order valence-electron chi connectivity index (χ0n) is 15.1. The largest absolute Gasteiger partial charge is 0.493 e. The third-order valence-electron chi connectivity index (χ3n) is 4.57. The van der Waals surface area contributed by atoms with Crippen LogP contribution in [0.25, 0.3) is 0 Å².